The first-order valence-corrected chi connectivity index (χ1v) is 8.08. The van der Waals surface area contributed by atoms with Gasteiger partial charge in [-0.2, -0.15) is 0 Å². The van der Waals surface area contributed by atoms with Gasteiger partial charge >= 0.3 is 11.9 Å². The van der Waals surface area contributed by atoms with Crippen LogP contribution in [-0.2, 0) is 19.9 Å². The highest BCUT2D eigenvalue weighted by molar-refractivity contribution is 6.21. The SMILES string of the molecule is CCOC(=O)C12c3cc(F)ccc3C(=O)N1c1ccccc1C2C(=O)O. The van der Waals surface area contributed by atoms with Gasteiger partial charge in [0.05, 0.1) is 6.61 Å². The fourth-order valence-corrected chi connectivity index (χ4v) is 4.04. The second-order valence-electron chi connectivity index (χ2n) is 6.15. The van der Waals surface area contributed by atoms with Crippen LogP contribution in [0, 0.1) is 5.82 Å². The van der Waals surface area contributed by atoms with Crippen LogP contribution in [0.5, 0.6) is 0 Å². The van der Waals surface area contributed by atoms with Gasteiger partial charge in [-0.1, -0.05) is 18.2 Å². The van der Waals surface area contributed by atoms with Crippen molar-refractivity contribution in [2.24, 2.45) is 0 Å². The molecule has 6 nitrogen and oxygen atoms in total. The van der Waals surface area contributed by atoms with E-state index in [4.69, 9.17) is 4.74 Å². The number of carboxylic acid groups (broad SMARTS) is 1. The predicted molar refractivity (Wildman–Crippen MR) is 88.3 cm³/mol. The molecule has 0 spiro atoms. The van der Waals surface area contributed by atoms with E-state index in [0.717, 1.165) is 17.0 Å². The number of benzene rings is 2. The highest BCUT2D eigenvalue weighted by Crippen LogP contribution is 2.58. The lowest BCUT2D eigenvalue weighted by Gasteiger charge is -2.33. The largest absolute Gasteiger partial charge is 0.481 e. The molecular formula is C19H14FNO5. The third-order valence-electron chi connectivity index (χ3n) is 4.92. The minimum Gasteiger partial charge on any atom is -0.481 e. The Labute approximate surface area is 147 Å². The molecule has 2 heterocycles. The topological polar surface area (TPSA) is 83.9 Å². The van der Waals surface area contributed by atoms with Crippen molar-refractivity contribution in [3.8, 4) is 0 Å². The van der Waals surface area contributed by atoms with Gasteiger partial charge in [-0.25, -0.2) is 9.18 Å². The van der Waals surface area contributed by atoms with Crippen molar-refractivity contribution in [1.82, 2.24) is 0 Å². The Balaban J connectivity index is 2.11. The second kappa shape index (κ2) is 5.39. The molecule has 1 amide bonds. The second-order valence-corrected chi connectivity index (χ2v) is 6.15. The minimum atomic E-state index is -1.96. The van der Waals surface area contributed by atoms with Gasteiger partial charge in [-0.15, -0.1) is 0 Å². The van der Waals surface area contributed by atoms with Crippen molar-refractivity contribution < 1.29 is 28.6 Å². The highest BCUT2D eigenvalue weighted by Gasteiger charge is 2.68. The van der Waals surface area contributed by atoms with Crippen molar-refractivity contribution in [3.05, 3.63) is 65.0 Å². The van der Waals surface area contributed by atoms with E-state index in [1.165, 1.54) is 6.07 Å². The summed E-state index contributed by atoms with van der Waals surface area (Å²) in [7, 11) is 0. The van der Waals surface area contributed by atoms with E-state index in [1.54, 1.807) is 31.2 Å². The summed E-state index contributed by atoms with van der Waals surface area (Å²) < 4.78 is 19.2. The number of hydrogen-bond donors (Lipinski definition) is 1. The Bertz CT molecular complexity index is 968. The Hall–Kier alpha value is -3.22. The quantitative estimate of drug-likeness (QED) is 0.855. The number of hydrogen-bond acceptors (Lipinski definition) is 4. The minimum absolute atomic E-state index is 0.00402. The summed E-state index contributed by atoms with van der Waals surface area (Å²) in [5.41, 5.74) is -1.21. The van der Waals surface area contributed by atoms with Crippen LogP contribution < -0.4 is 4.90 Å². The van der Waals surface area contributed by atoms with Crippen LogP contribution in [0.25, 0.3) is 0 Å². The van der Waals surface area contributed by atoms with E-state index in [2.05, 4.69) is 0 Å². The maximum atomic E-state index is 14.0. The molecular weight excluding hydrogens is 341 g/mol. The number of ether oxygens (including phenoxy) is 1. The molecule has 0 aliphatic carbocycles. The maximum absolute atomic E-state index is 14.0. The molecule has 1 N–H and O–H groups in total. The summed E-state index contributed by atoms with van der Waals surface area (Å²) in [6.07, 6.45) is 0. The van der Waals surface area contributed by atoms with E-state index < -0.39 is 35.1 Å². The number of halogens is 1. The predicted octanol–water partition coefficient (Wildman–Crippen LogP) is 2.43. The van der Waals surface area contributed by atoms with E-state index in [-0.39, 0.29) is 17.7 Å². The molecule has 132 valence electrons. The highest BCUT2D eigenvalue weighted by atomic mass is 19.1. The van der Waals surface area contributed by atoms with E-state index in [9.17, 15) is 23.9 Å². The Morgan fingerprint density at radius 2 is 2.00 bits per heavy atom. The van der Waals surface area contributed by atoms with Crippen LogP contribution >= 0.6 is 0 Å². The monoisotopic (exact) mass is 355 g/mol. The average Bonchev–Trinajstić information content (AvgIpc) is 3.05. The summed E-state index contributed by atoms with van der Waals surface area (Å²) in [4.78, 5) is 39.4. The van der Waals surface area contributed by atoms with Gasteiger partial charge in [0.25, 0.3) is 5.91 Å². The Kier molecular flexibility index (Phi) is 3.37. The molecule has 0 aromatic heterocycles. The number of carbonyl (C=O) groups is 3. The summed E-state index contributed by atoms with van der Waals surface area (Å²) in [5, 5.41) is 9.93. The molecule has 0 fully saturated rings. The van der Waals surface area contributed by atoms with Crippen molar-refractivity contribution in [3.63, 3.8) is 0 Å². The van der Waals surface area contributed by atoms with Crippen LogP contribution in [0.15, 0.2) is 42.5 Å². The van der Waals surface area contributed by atoms with Gasteiger partial charge in [0, 0.05) is 16.8 Å². The van der Waals surface area contributed by atoms with Crippen LogP contribution in [0.2, 0.25) is 0 Å². The lowest BCUT2D eigenvalue weighted by molar-refractivity contribution is -0.155. The fourth-order valence-electron chi connectivity index (χ4n) is 4.04. The third-order valence-corrected chi connectivity index (χ3v) is 4.92. The number of fused-ring (bicyclic) bond motifs is 5. The van der Waals surface area contributed by atoms with E-state index in [1.807, 2.05) is 0 Å². The fraction of sp³-hybridized carbons (Fsp3) is 0.211. The number of rotatable bonds is 3. The summed E-state index contributed by atoms with van der Waals surface area (Å²) >= 11 is 0. The molecule has 0 saturated carbocycles. The van der Waals surface area contributed by atoms with Crippen molar-refractivity contribution in [2.75, 3.05) is 11.5 Å². The molecule has 2 atom stereocenters. The molecule has 4 rings (SSSR count). The number of nitrogens with zero attached hydrogens (tertiary/aromatic N) is 1. The van der Waals surface area contributed by atoms with Gasteiger partial charge in [0.1, 0.15) is 11.7 Å². The molecule has 26 heavy (non-hydrogen) atoms. The molecule has 7 heteroatoms. The summed E-state index contributed by atoms with van der Waals surface area (Å²) in [6, 6.07) is 9.84. The number of carboxylic acids is 1. The molecule has 2 aromatic rings. The van der Waals surface area contributed by atoms with E-state index >= 15 is 0 Å². The maximum Gasteiger partial charge on any atom is 0.338 e. The number of esters is 1. The van der Waals surface area contributed by atoms with Crippen molar-refractivity contribution in [2.45, 2.75) is 18.4 Å². The van der Waals surface area contributed by atoms with Gasteiger partial charge in [0.2, 0.25) is 0 Å². The number of para-hydroxylation sites is 1. The first-order chi connectivity index (χ1) is 12.4. The number of anilines is 1. The first-order valence-electron chi connectivity index (χ1n) is 8.08. The smallest absolute Gasteiger partial charge is 0.338 e. The zero-order valence-electron chi connectivity index (χ0n) is 13.7. The first kappa shape index (κ1) is 16.3. The molecule has 2 aliphatic rings. The average molecular weight is 355 g/mol. The normalized spacial score (nSPS) is 22.6. The zero-order valence-corrected chi connectivity index (χ0v) is 13.7. The van der Waals surface area contributed by atoms with Gasteiger partial charge < -0.3 is 9.84 Å². The van der Waals surface area contributed by atoms with Crippen molar-refractivity contribution >= 4 is 23.5 Å². The zero-order chi connectivity index (χ0) is 18.6. The molecule has 0 radical (unpaired) electrons. The van der Waals surface area contributed by atoms with Crippen LogP contribution in [0.1, 0.15) is 34.3 Å². The van der Waals surface area contributed by atoms with Gasteiger partial charge in [0.15, 0.2) is 5.54 Å². The van der Waals surface area contributed by atoms with E-state index in [0.29, 0.717) is 11.3 Å². The Morgan fingerprint density at radius 3 is 2.69 bits per heavy atom. The molecule has 0 bridgehead atoms. The van der Waals surface area contributed by atoms with Crippen molar-refractivity contribution in [1.29, 1.82) is 0 Å². The Morgan fingerprint density at radius 1 is 1.27 bits per heavy atom. The third kappa shape index (κ3) is 1.77. The molecule has 2 aliphatic heterocycles. The van der Waals surface area contributed by atoms with Gasteiger partial charge in [-0.3, -0.25) is 14.5 Å². The number of carbonyl (C=O) groups excluding carboxylic acids is 2. The number of aliphatic carboxylic acids is 1. The van der Waals surface area contributed by atoms with Crippen LogP contribution in [0.4, 0.5) is 10.1 Å². The van der Waals surface area contributed by atoms with Gasteiger partial charge in [-0.05, 0) is 36.8 Å². The number of amides is 1. The molecule has 2 aromatic carbocycles. The van der Waals surface area contributed by atoms with Crippen LogP contribution in [0.3, 0.4) is 0 Å². The lowest BCUT2D eigenvalue weighted by Crippen LogP contribution is -2.52. The van der Waals surface area contributed by atoms with Crippen LogP contribution in [-0.4, -0.2) is 29.6 Å². The summed E-state index contributed by atoms with van der Waals surface area (Å²) in [5.74, 6) is -4.80. The lowest BCUT2D eigenvalue weighted by atomic mass is 9.77. The summed E-state index contributed by atoms with van der Waals surface area (Å²) in [6.45, 7) is 1.58. The molecule has 2 unspecified atom stereocenters. The molecule has 0 saturated heterocycles. The standard InChI is InChI=1S/C19H14FNO5/c1-2-26-18(25)19-13-9-10(20)7-8-11(13)16(22)21(19)14-6-4-3-5-12(14)15(19)17(23)24/h3-9,15H,2H2,1H3,(H,23,24).